The number of hydrogen-bond donors (Lipinski definition) is 0. The van der Waals surface area contributed by atoms with Crippen LogP contribution in [0, 0.1) is 0 Å². The first-order chi connectivity index (χ1) is 12.4. The van der Waals surface area contributed by atoms with Gasteiger partial charge in [0.25, 0.3) is 0 Å². The molecule has 1 heterocycles. The highest BCUT2D eigenvalue weighted by molar-refractivity contribution is 6.40. The predicted octanol–water partition coefficient (Wildman–Crippen LogP) is 5.09. The smallest absolute Gasteiger partial charge is 0.313 e. The summed E-state index contributed by atoms with van der Waals surface area (Å²) in [5.41, 5.74) is 2.09. The Bertz CT molecular complexity index is 846. The van der Waals surface area contributed by atoms with Crippen molar-refractivity contribution in [2.24, 2.45) is 0 Å². The fourth-order valence-corrected chi connectivity index (χ4v) is 4.08. The van der Waals surface area contributed by atoms with Crippen molar-refractivity contribution in [1.82, 2.24) is 4.90 Å². The number of carbonyl (C=O) groups excluding carboxylic acids is 2. The van der Waals surface area contributed by atoms with Gasteiger partial charge >= 0.3 is 5.97 Å². The molecule has 0 aliphatic carbocycles. The van der Waals surface area contributed by atoms with Crippen molar-refractivity contribution in [3.8, 4) is 5.75 Å². The third kappa shape index (κ3) is 3.98. The first-order valence-electron chi connectivity index (χ1n) is 8.07. The molecule has 26 heavy (non-hydrogen) atoms. The van der Waals surface area contributed by atoms with E-state index in [4.69, 9.17) is 39.5 Å². The fourth-order valence-electron chi connectivity index (χ4n) is 3.19. The molecule has 136 valence electrons. The quantitative estimate of drug-likeness (QED) is 0.521. The van der Waals surface area contributed by atoms with Crippen LogP contribution in [0.5, 0.6) is 5.75 Å². The van der Waals surface area contributed by atoms with E-state index in [2.05, 4.69) is 0 Å². The lowest BCUT2D eigenvalue weighted by atomic mass is 9.90. The number of esters is 1. The Morgan fingerprint density at radius 2 is 1.81 bits per heavy atom. The minimum atomic E-state index is -0.524. The molecule has 0 N–H and O–H groups in total. The van der Waals surface area contributed by atoms with Crippen LogP contribution in [0.15, 0.2) is 36.4 Å². The molecule has 2 aromatic rings. The molecule has 0 saturated carbocycles. The predicted molar refractivity (Wildman–Crippen MR) is 102 cm³/mol. The molecular weight excluding hydrogens is 397 g/mol. The van der Waals surface area contributed by atoms with Crippen LogP contribution in [-0.4, -0.2) is 23.3 Å². The highest BCUT2D eigenvalue weighted by atomic mass is 35.5. The first-order valence-corrected chi connectivity index (χ1v) is 9.20. The molecule has 1 amide bonds. The number of halogens is 3. The maximum absolute atomic E-state index is 12.5. The molecule has 3 rings (SSSR count). The summed E-state index contributed by atoms with van der Waals surface area (Å²) in [5, 5.41) is 0.662. The number of amides is 1. The molecule has 1 aliphatic rings. The Labute approximate surface area is 166 Å². The van der Waals surface area contributed by atoms with Crippen molar-refractivity contribution in [2.75, 3.05) is 6.54 Å². The zero-order chi connectivity index (χ0) is 18.8. The number of benzene rings is 2. The summed E-state index contributed by atoms with van der Waals surface area (Å²) in [6.45, 7) is 2.06. The van der Waals surface area contributed by atoms with Crippen molar-refractivity contribution in [3.05, 3.63) is 62.6 Å². The van der Waals surface area contributed by atoms with Gasteiger partial charge in [-0.2, -0.15) is 0 Å². The molecule has 4 nitrogen and oxygen atoms in total. The lowest BCUT2D eigenvalue weighted by molar-refractivity contribution is -0.138. The average molecular weight is 413 g/mol. The van der Waals surface area contributed by atoms with E-state index in [1.54, 1.807) is 4.90 Å². The second-order valence-corrected chi connectivity index (χ2v) is 7.30. The van der Waals surface area contributed by atoms with Gasteiger partial charge in [-0.1, -0.05) is 59.1 Å². The Hall–Kier alpha value is -1.75. The Morgan fingerprint density at radius 1 is 1.15 bits per heavy atom. The highest BCUT2D eigenvalue weighted by Crippen LogP contribution is 2.37. The van der Waals surface area contributed by atoms with Crippen LogP contribution < -0.4 is 4.74 Å². The van der Waals surface area contributed by atoms with Crippen molar-refractivity contribution in [3.63, 3.8) is 0 Å². The summed E-state index contributed by atoms with van der Waals surface area (Å²) in [4.78, 5) is 26.2. The monoisotopic (exact) mass is 411 g/mol. The van der Waals surface area contributed by atoms with Gasteiger partial charge in [0.1, 0.15) is 0 Å². The molecule has 0 bridgehead atoms. The van der Waals surface area contributed by atoms with Crippen LogP contribution in [-0.2, 0) is 16.0 Å². The van der Waals surface area contributed by atoms with Gasteiger partial charge in [0.05, 0.1) is 22.5 Å². The van der Waals surface area contributed by atoms with Crippen LogP contribution in [0.4, 0.5) is 0 Å². The summed E-state index contributed by atoms with van der Waals surface area (Å²) >= 11 is 18.0. The maximum Gasteiger partial charge on any atom is 0.313 e. The third-order valence-electron chi connectivity index (χ3n) is 4.36. The van der Waals surface area contributed by atoms with E-state index in [1.807, 2.05) is 24.3 Å². The SMILES string of the molecule is CC(=O)N1CCc2ccccc2C1CC(=O)Oc1c(Cl)cc(Cl)cc1Cl. The molecule has 0 spiro atoms. The van der Waals surface area contributed by atoms with E-state index in [9.17, 15) is 9.59 Å². The van der Waals surface area contributed by atoms with E-state index in [0.717, 1.165) is 17.5 Å². The van der Waals surface area contributed by atoms with Crippen LogP contribution in [0.25, 0.3) is 0 Å². The van der Waals surface area contributed by atoms with Crippen molar-refractivity contribution >= 4 is 46.7 Å². The van der Waals surface area contributed by atoms with Gasteiger partial charge in [-0.25, -0.2) is 0 Å². The Balaban J connectivity index is 1.84. The second kappa shape index (κ2) is 7.87. The summed E-state index contributed by atoms with van der Waals surface area (Å²) in [7, 11) is 0. The van der Waals surface area contributed by atoms with Crippen LogP contribution in [0.2, 0.25) is 15.1 Å². The van der Waals surface area contributed by atoms with E-state index in [0.29, 0.717) is 11.6 Å². The number of nitrogens with zero attached hydrogens (tertiary/aromatic N) is 1. The average Bonchev–Trinajstić information content (AvgIpc) is 2.58. The zero-order valence-corrected chi connectivity index (χ0v) is 16.2. The Morgan fingerprint density at radius 3 is 2.46 bits per heavy atom. The van der Waals surface area contributed by atoms with Gasteiger partial charge in [0.2, 0.25) is 5.91 Å². The van der Waals surface area contributed by atoms with Crippen LogP contribution in [0.1, 0.15) is 30.5 Å². The molecule has 0 aromatic heterocycles. The standard InChI is InChI=1S/C19H16Cl3NO3/c1-11(24)23-7-6-12-4-2-3-5-14(12)17(23)10-18(25)26-19-15(21)8-13(20)9-16(19)22/h2-5,8-9,17H,6-7,10H2,1H3. The molecule has 0 fully saturated rings. The lowest BCUT2D eigenvalue weighted by Crippen LogP contribution is -2.40. The topological polar surface area (TPSA) is 46.6 Å². The highest BCUT2D eigenvalue weighted by Gasteiger charge is 2.31. The molecule has 7 heteroatoms. The third-order valence-corrected chi connectivity index (χ3v) is 5.14. The van der Waals surface area contributed by atoms with Gasteiger partial charge in [-0.3, -0.25) is 9.59 Å². The minimum absolute atomic E-state index is 0.00583. The summed E-state index contributed by atoms with van der Waals surface area (Å²) in [6, 6.07) is 10.3. The van der Waals surface area contributed by atoms with Crippen molar-refractivity contribution in [2.45, 2.75) is 25.8 Å². The summed E-state index contributed by atoms with van der Waals surface area (Å²) in [6.07, 6.45) is 0.766. The molecule has 0 radical (unpaired) electrons. The van der Waals surface area contributed by atoms with E-state index < -0.39 is 5.97 Å². The summed E-state index contributed by atoms with van der Waals surface area (Å²) < 4.78 is 5.38. The largest absolute Gasteiger partial charge is 0.423 e. The van der Waals surface area contributed by atoms with Gasteiger partial charge in [-0.15, -0.1) is 0 Å². The van der Waals surface area contributed by atoms with Crippen LogP contribution in [0.3, 0.4) is 0 Å². The molecule has 1 aliphatic heterocycles. The fraction of sp³-hybridized carbons (Fsp3) is 0.263. The lowest BCUT2D eigenvalue weighted by Gasteiger charge is -2.36. The maximum atomic E-state index is 12.5. The van der Waals surface area contributed by atoms with Crippen molar-refractivity contribution < 1.29 is 14.3 Å². The molecule has 1 unspecified atom stereocenters. The van der Waals surface area contributed by atoms with Crippen LogP contribution >= 0.6 is 34.8 Å². The Kier molecular flexibility index (Phi) is 5.76. The van der Waals surface area contributed by atoms with E-state index in [-0.39, 0.29) is 34.2 Å². The van der Waals surface area contributed by atoms with Gasteiger partial charge in [0.15, 0.2) is 5.75 Å². The molecule has 1 atom stereocenters. The first kappa shape index (κ1) is 19.0. The van der Waals surface area contributed by atoms with Crippen molar-refractivity contribution in [1.29, 1.82) is 0 Å². The number of rotatable bonds is 3. The number of ether oxygens (including phenoxy) is 1. The van der Waals surface area contributed by atoms with E-state index >= 15 is 0 Å². The minimum Gasteiger partial charge on any atom is -0.423 e. The van der Waals surface area contributed by atoms with Gasteiger partial charge in [0, 0.05) is 18.5 Å². The number of fused-ring (bicyclic) bond motifs is 1. The number of carbonyl (C=O) groups is 2. The normalized spacial score (nSPS) is 16.2. The van der Waals surface area contributed by atoms with E-state index in [1.165, 1.54) is 19.1 Å². The molecule has 2 aromatic carbocycles. The number of hydrogen-bond acceptors (Lipinski definition) is 3. The van der Waals surface area contributed by atoms with Gasteiger partial charge in [-0.05, 0) is 29.7 Å². The molecular formula is C19H16Cl3NO3. The van der Waals surface area contributed by atoms with Gasteiger partial charge < -0.3 is 9.64 Å². The summed E-state index contributed by atoms with van der Waals surface area (Å²) in [5.74, 6) is -0.537. The molecule has 0 saturated heterocycles. The zero-order valence-electron chi connectivity index (χ0n) is 14.0. The second-order valence-electron chi connectivity index (χ2n) is 6.05.